The van der Waals surface area contributed by atoms with E-state index in [9.17, 15) is 29.1 Å². The molecule has 2 saturated heterocycles. The Morgan fingerprint density at radius 2 is 1.84 bits per heavy atom. The van der Waals surface area contributed by atoms with Crippen LogP contribution in [-0.4, -0.2) is 153 Å². The zero-order valence-corrected chi connectivity index (χ0v) is 38.7. The fourth-order valence-corrected chi connectivity index (χ4v) is 8.71. The molecule has 0 unspecified atom stereocenters. The first-order chi connectivity index (χ1) is 28.8. The summed E-state index contributed by atoms with van der Waals surface area (Å²) in [5, 5.41) is 17.5. The number of carbonyl (C=O) groups excluding carboxylic acids is 5. The lowest BCUT2D eigenvalue weighted by atomic mass is 9.83. The number of anilines is 1. The van der Waals surface area contributed by atoms with E-state index >= 15 is 0 Å². The Kier molecular flexibility index (Phi) is 17.9. The van der Waals surface area contributed by atoms with Crippen LogP contribution in [0.1, 0.15) is 65.4 Å². The molecule has 4 rings (SSSR count). The largest absolute Gasteiger partial charge is 0.495 e. The third kappa shape index (κ3) is 13.1. The number of rotatable bonds is 14. The number of epoxide rings is 1. The molecule has 3 aliphatic heterocycles. The lowest BCUT2D eigenvalue weighted by molar-refractivity contribution is -0.161. The summed E-state index contributed by atoms with van der Waals surface area (Å²) in [4.78, 5) is 71.0. The number of benzene rings is 1. The average molecular weight is 895 g/mol. The van der Waals surface area contributed by atoms with Crippen LogP contribution in [0.5, 0.6) is 5.75 Å². The number of hydrogen-bond donors (Lipinski definition) is 3. The second kappa shape index (κ2) is 22.0. The smallest absolute Gasteiger partial charge is 0.409 e. The third-order valence-electron chi connectivity index (χ3n) is 11.8. The van der Waals surface area contributed by atoms with Crippen LogP contribution >= 0.6 is 23.4 Å². The molecule has 0 aliphatic carbocycles. The highest BCUT2D eigenvalue weighted by atomic mass is 35.5. The van der Waals surface area contributed by atoms with Crippen molar-refractivity contribution >= 4 is 58.8 Å². The van der Waals surface area contributed by atoms with Gasteiger partial charge in [-0.25, -0.2) is 9.59 Å². The van der Waals surface area contributed by atoms with Crippen LogP contribution in [0.25, 0.3) is 0 Å². The number of hydrogen-bond acceptors (Lipinski definition) is 13. The molecule has 340 valence electrons. The molecule has 18 heteroatoms. The number of nitrogens with one attached hydrogen (secondary N) is 2. The van der Waals surface area contributed by atoms with Crippen molar-refractivity contribution in [3.63, 3.8) is 0 Å². The van der Waals surface area contributed by atoms with Gasteiger partial charge in [0.2, 0.25) is 17.7 Å². The fraction of sp³-hybridized carbons (Fsp3) is 0.651. The van der Waals surface area contributed by atoms with Crippen molar-refractivity contribution in [2.24, 2.45) is 5.92 Å². The van der Waals surface area contributed by atoms with Crippen LogP contribution in [0.15, 0.2) is 35.9 Å². The number of carbonyl (C=O) groups is 5. The van der Waals surface area contributed by atoms with Crippen LogP contribution in [0.3, 0.4) is 0 Å². The monoisotopic (exact) mass is 893 g/mol. The zero-order chi connectivity index (χ0) is 45.2. The van der Waals surface area contributed by atoms with Gasteiger partial charge in [-0.15, -0.1) is 0 Å². The van der Waals surface area contributed by atoms with E-state index in [4.69, 9.17) is 35.3 Å². The standard InChI is InChI=1S/C43H64ClN5O11S/c1-26-12-11-13-30(56-9)24-43(55)25-33(58-41(54)46-43)27(2)39-42(4,60-39)34(23-37(52)49(8)31-21-29(20-26)22-32(57-10)38(31)44)59-40(53)28(3)48(7)36(51)15-19-61-18-14-35(50)47(6)17-16-45-5/h11-13,21-22,27-28,30,33-34,39,45,55H,14-20,23-25H2,1-10H3,(H,46,54)/b13-11+,26-12+/t27-,28+,30-,33+,34+,39+,42+,43-/m1/s1. The number of esters is 1. The van der Waals surface area contributed by atoms with Gasteiger partial charge in [-0.3, -0.25) is 19.7 Å². The minimum Gasteiger partial charge on any atom is -0.495 e. The molecule has 16 nitrogen and oxygen atoms in total. The van der Waals surface area contributed by atoms with E-state index in [1.165, 1.54) is 42.8 Å². The normalized spacial score (nSPS) is 28.8. The molecule has 3 heterocycles. The number of alkyl carbamates (subject to hydrolysis) is 1. The molecule has 4 amide bonds. The molecule has 61 heavy (non-hydrogen) atoms. The van der Waals surface area contributed by atoms with Gasteiger partial charge in [0.1, 0.15) is 40.3 Å². The maximum absolute atomic E-state index is 14.3. The Morgan fingerprint density at radius 1 is 1.15 bits per heavy atom. The summed E-state index contributed by atoms with van der Waals surface area (Å²) in [5.74, 6) is -0.600. The number of methoxy groups -OCH3 is 2. The molecular weight excluding hydrogens is 830 g/mol. The first kappa shape index (κ1) is 49.8. The summed E-state index contributed by atoms with van der Waals surface area (Å²) in [6.07, 6.45) is 2.18. The van der Waals surface area contributed by atoms with Crippen molar-refractivity contribution in [2.45, 2.75) is 108 Å². The molecule has 8 atom stereocenters. The Balaban J connectivity index is 1.58. The molecular formula is C43H64ClN5O11S. The highest BCUT2D eigenvalue weighted by molar-refractivity contribution is 7.99. The van der Waals surface area contributed by atoms with Crippen LogP contribution in [0, 0.1) is 5.92 Å². The van der Waals surface area contributed by atoms with Gasteiger partial charge in [-0.1, -0.05) is 42.3 Å². The second-order valence-corrected chi connectivity index (χ2v) is 18.0. The lowest BCUT2D eigenvalue weighted by Gasteiger charge is -2.40. The van der Waals surface area contributed by atoms with Gasteiger partial charge >= 0.3 is 12.1 Å². The van der Waals surface area contributed by atoms with Crippen molar-refractivity contribution in [3.8, 4) is 5.75 Å². The second-order valence-electron chi connectivity index (χ2n) is 16.4. The molecule has 2 fully saturated rings. The van der Waals surface area contributed by atoms with E-state index in [-0.39, 0.29) is 42.5 Å². The molecule has 1 aromatic carbocycles. The summed E-state index contributed by atoms with van der Waals surface area (Å²) < 4.78 is 29.4. The molecule has 3 aliphatic rings. The van der Waals surface area contributed by atoms with E-state index in [0.29, 0.717) is 48.9 Å². The predicted molar refractivity (Wildman–Crippen MR) is 234 cm³/mol. The molecule has 0 spiro atoms. The van der Waals surface area contributed by atoms with Crippen LogP contribution in [0.2, 0.25) is 5.02 Å². The molecule has 1 aromatic rings. The van der Waals surface area contributed by atoms with Crippen LogP contribution in [-0.2, 0) is 44.5 Å². The Labute approximate surface area is 369 Å². The van der Waals surface area contributed by atoms with Gasteiger partial charge in [-0.2, -0.15) is 11.8 Å². The van der Waals surface area contributed by atoms with E-state index in [1.807, 2.05) is 33.0 Å². The summed E-state index contributed by atoms with van der Waals surface area (Å²) in [7, 11) is 9.69. The van der Waals surface area contributed by atoms with Crippen molar-refractivity contribution < 1.29 is 52.8 Å². The van der Waals surface area contributed by atoms with Crippen molar-refractivity contribution in [1.82, 2.24) is 20.4 Å². The number of amides is 4. The van der Waals surface area contributed by atoms with E-state index < -0.39 is 65.7 Å². The highest BCUT2D eigenvalue weighted by Gasteiger charge is 2.64. The van der Waals surface area contributed by atoms with Gasteiger partial charge in [-0.05, 0) is 51.9 Å². The van der Waals surface area contributed by atoms with Gasteiger partial charge in [0, 0.05) is 84.4 Å². The van der Waals surface area contributed by atoms with Gasteiger partial charge in [0.25, 0.3) is 0 Å². The molecule has 0 saturated carbocycles. The zero-order valence-electron chi connectivity index (χ0n) is 37.1. The number of fused-ring (bicyclic) bond motifs is 5. The van der Waals surface area contributed by atoms with Gasteiger partial charge < -0.3 is 48.8 Å². The average Bonchev–Trinajstić information content (AvgIpc) is 3.92. The number of thioether (sulfide) groups is 1. The third-order valence-corrected chi connectivity index (χ3v) is 13.1. The lowest BCUT2D eigenvalue weighted by Crippen LogP contribution is -2.59. The van der Waals surface area contributed by atoms with E-state index in [1.54, 1.807) is 51.1 Å². The number of nitrogens with zero attached hydrogens (tertiary/aromatic N) is 3. The van der Waals surface area contributed by atoms with Gasteiger partial charge in [0.05, 0.1) is 31.4 Å². The number of likely N-dealkylation sites (N-methyl/N-ethyl adjacent to an activating group) is 3. The van der Waals surface area contributed by atoms with Crippen molar-refractivity contribution in [1.29, 1.82) is 0 Å². The minimum atomic E-state index is -1.68. The number of halogens is 1. The van der Waals surface area contributed by atoms with Gasteiger partial charge in [0.15, 0.2) is 0 Å². The quantitative estimate of drug-likeness (QED) is 0.138. The highest BCUT2D eigenvalue weighted by Crippen LogP contribution is 2.49. The summed E-state index contributed by atoms with van der Waals surface area (Å²) >= 11 is 8.28. The van der Waals surface area contributed by atoms with E-state index in [0.717, 1.165) is 11.1 Å². The predicted octanol–water partition coefficient (Wildman–Crippen LogP) is 4.10. The first-order valence-electron chi connectivity index (χ1n) is 20.6. The molecule has 0 aromatic heterocycles. The SMILES string of the molecule is CNCCN(C)C(=O)CCSCCC(=O)N(C)[C@@H](C)C(=O)O[C@H]1CC(=O)N(C)c2cc(cc(OC)c2Cl)C/C(C)=C/C=C/[C@@H](OC)C[C@@]2(O)C[C@H](OC(=O)N2)[C@@H](C)[C@@H]2O[C@@]12C. The molecule has 4 bridgehead atoms. The summed E-state index contributed by atoms with van der Waals surface area (Å²) in [5.41, 5.74) is -0.756. The van der Waals surface area contributed by atoms with Crippen LogP contribution < -0.4 is 20.3 Å². The maximum atomic E-state index is 14.3. The summed E-state index contributed by atoms with van der Waals surface area (Å²) in [6.45, 7) is 8.33. The number of ether oxygens (including phenoxy) is 5. The first-order valence-corrected chi connectivity index (χ1v) is 22.1. The summed E-state index contributed by atoms with van der Waals surface area (Å²) in [6, 6.07) is 2.58. The van der Waals surface area contributed by atoms with E-state index in [2.05, 4.69) is 10.6 Å². The molecule has 3 N–H and O–H groups in total. The fourth-order valence-electron chi connectivity index (χ4n) is 7.55. The number of allylic oxidation sites excluding steroid dienone is 3. The topological polar surface area (TPSA) is 189 Å². The molecule has 0 radical (unpaired) electrons. The van der Waals surface area contributed by atoms with Crippen molar-refractivity contribution in [3.05, 3.63) is 46.5 Å². The minimum absolute atomic E-state index is 0.00572. The Hall–Kier alpha value is -3.87. The number of aliphatic hydroxyl groups is 1. The maximum Gasteiger partial charge on any atom is 0.409 e. The van der Waals surface area contributed by atoms with Crippen LogP contribution in [0.4, 0.5) is 10.5 Å². The Bertz CT molecular complexity index is 1820. The Morgan fingerprint density at radius 3 is 2.49 bits per heavy atom. The van der Waals surface area contributed by atoms with Crippen molar-refractivity contribution in [2.75, 3.05) is 71.9 Å².